The Kier molecular flexibility index (Phi) is 4.20. The van der Waals surface area contributed by atoms with Crippen molar-refractivity contribution in [1.29, 1.82) is 0 Å². The van der Waals surface area contributed by atoms with Crippen LogP contribution in [0.5, 0.6) is 0 Å². The zero-order chi connectivity index (χ0) is 16.4. The van der Waals surface area contributed by atoms with E-state index in [2.05, 4.69) is 5.32 Å². The van der Waals surface area contributed by atoms with Gasteiger partial charge in [0.25, 0.3) is 0 Å². The van der Waals surface area contributed by atoms with Gasteiger partial charge in [0, 0.05) is 5.69 Å². The van der Waals surface area contributed by atoms with Crippen molar-refractivity contribution >= 4 is 11.6 Å². The summed E-state index contributed by atoms with van der Waals surface area (Å²) < 4.78 is 13.7. The number of carbonyl (C=O) groups is 1. The van der Waals surface area contributed by atoms with Crippen LogP contribution >= 0.6 is 0 Å². The summed E-state index contributed by atoms with van der Waals surface area (Å²) in [6.07, 6.45) is 3.54. The number of nitrogens with one attached hydrogen (secondary N) is 1. The van der Waals surface area contributed by atoms with Gasteiger partial charge in [-0.2, -0.15) is 0 Å². The van der Waals surface area contributed by atoms with Crippen molar-refractivity contribution in [1.82, 2.24) is 0 Å². The molecule has 1 N–H and O–H groups in total. The first-order valence-corrected chi connectivity index (χ1v) is 8.17. The van der Waals surface area contributed by atoms with Gasteiger partial charge in [0.2, 0.25) is 5.91 Å². The van der Waals surface area contributed by atoms with Gasteiger partial charge in [-0.25, -0.2) is 4.39 Å². The van der Waals surface area contributed by atoms with Crippen LogP contribution in [0.4, 0.5) is 10.1 Å². The number of carbonyl (C=O) groups excluding carboxylic acids is 1. The minimum absolute atomic E-state index is 0.0192. The Morgan fingerprint density at radius 1 is 1.09 bits per heavy atom. The Bertz CT molecular complexity index is 732. The van der Waals surface area contributed by atoms with E-state index in [4.69, 9.17) is 0 Å². The highest BCUT2D eigenvalue weighted by atomic mass is 19.1. The van der Waals surface area contributed by atoms with Gasteiger partial charge in [0.05, 0.1) is 5.41 Å². The second-order valence-electron chi connectivity index (χ2n) is 6.50. The predicted octanol–water partition coefficient (Wildman–Crippen LogP) is 4.89. The summed E-state index contributed by atoms with van der Waals surface area (Å²) in [5.41, 5.74) is 3.25. The first kappa shape index (κ1) is 15.7. The lowest BCUT2D eigenvalue weighted by atomic mass is 9.78. The lowest BCUT2D eigenvalue weighted by Crippen LogP contribution is -2.38. The Hall–Kier alpha value is -2.16. The highest BCUT2D eigenvalue weighted by Gasteiger charge is 2.43. The summed E-state index contributed by atoms with van der Waals surface area (Å²) in [6, 6.07) is 12.4. The molecule has 1 fully saturated rings. The van der Waals surface area contributed by atoms with Crippen LogP contribution in [0.3, 0.4) is 0 Å². The van der Waals surface area contributed by atoms with Crippen molar-refractivity contribution in [2.75, 3.05) is 5.32 Å². The second-order valence-corrected chi connectivity index (χ2v) is 6.50. The van der Waals surface area contributed by atoms with E-state index in [9.17, 15) is 9.18 Å². The van der Waals surface area contributed by atoms with Crippen LogP contribution in [-0.4, -0.2) is 5.91 Å². The van der Waals surface area contributed by atoms with Gasteiger partial charge in [0.15, 0.2) is 0 Å². The van der Waals surface area contributed by atoms with Crippen LogP contribution in [0.2, 0.25) is 0 Å². The monoisotopic (exact) mass is 311 g/mol. The fraction of sp³-hybridized carbons (Fsp3) is 0.350. The number of anilines is 1. The SMILES string of the molecule is Cc1cccc(NC(=O)C2(c3cccc(F)c3)CCCC2)c1C. The Balaban J connectivity index is 1.95. The van der Waals surface area contributed by atoms with Gasteiger partial charge >= 0.3 is 0 Å². The van der Waals surface area contributed by atoms with Crippen LogP contribution in [0.1, 0.15) is 42.4 Å². The Morgan fingerprint density at radius 3 is 2.48 bits per heavy atom. The third kappa shape index (κ3) is 2.88. The van der Waals surface area contributed by atoms with E-state index in [0.717, 1.165) is 48.1 Å². The van der Waals surface area contributed by atoms with Gasteiger partial charge in [-0.15, -0.1) is 0 Å². The second kappa shape index (κ2) is 6.15. The Labute approximate surface area is 136 Å². The number of amides is 1. The molecule has 1 aliphatic rings. The maximum Gasteiger partial charge on any atom is 0.235 e. The molecule has 3 heteroatoms. The van der Waals surface area contributed by atoms with Crippen molar-refractivity contribution in [2.45, 2.75) is 44.9 Å². The van der Waals surface area contributed by atoms with Gasteiger partial charge in [-0.3, -0.25) is 4.79 Å². The number of rotatable bonds is 3. The van der Waals surface area contributed by atoms with Gasteiger partial charge in [-0.1, -0.05) is 37.1 Å². The summed E-state index contributed by atoms with van der Waals surface area (Å²) in [5.74, 6) is -0.303. The molecule has 3 rings (SSSR count). The lowest BCUT2D eigenvalue weighted by molar-refractivity contribution is -0.121. The van der Waals surface area contributed by atoms with E-state index in [0.29, 0.717) is 0 Å². The summed E-state index contributed by atoms with van der Waals surface area (Å²) in [5, 5.41) is 3.09. The molecule has 2 aromatic carbocycles. The molecule has 0 bridgehead atoms. The third-order valence-corrected chi connectivity index (χ3v) is 5.12. The van der Waals surface area contributed by atoms with E-state index >= 15 is 0 Å². The van der Waals surface area contributed by atoms with Gasteiger partial charge in [0.1, 0.15) is 5.82 Å². The fourth-order valence-electron chi connectivity index (χ4n) is 3.54. The van der Waals surface area contributed by atoms with Crippen molar-refractivity contribution in [3.8, 4) is 0 Å². The van der Waals surface area contributed by atoms with Gasteiger partial charge < -0.3 is 5.32 Å². The van der Waals surface area contributed by atoms with E-state index in [1.54, 1.807) is 6.07 Å². The smallest absolute Gasteiger partial charge is 0.235 e. The average molecular weight is 311 g/mol. The lowest BCUT2D eigenvalue weighted by Gasteiger charge is -2.29. The number of hydrogen-bond acceptors (Lipinski definition) is 1. The highest BCUT2D eigenvalue weighted by molar-refractivity contribution is 6.00. The molecule has 0 saturated heterocycles. The molecule has 1 aliphatic carbocycles. The molecule has 0 radical (unpaired) electrons. The minimum Gasteiger partial charge on any atom is -0.325 e. The van der Waals surface area contributed by atoms with Crippen molar-refractivity contribution in [3.05, 3.63) is 65.0 Å². The molecular weight excluding hydrogens is 289 g/mol. The quantitative estimate of drug-likeness (QED) is 0.859. The molecule has 2 nitrogen and oxygen atoms in total. The molecule has 0 atom stereocenters. The molecule has 0 spiro atoms. The van der Waals surface area contributed by atoms with Crippen LogP contribution < -0.4 is 5.32 Å². The number of benzene rings is 2. The van der Waals surface area contributed by atoms with Crippen molar-refractivity contribution in [2.24, 2.45) is 0 Å². The van der Waals surface area contributed by atoms with E-state index in [1.165, 1.54) is 12.1 Å². The summed E-state index contributed by atoms with van der Waals surface area (Å²) in [4.78, 5) is 13.1. The normalized spacial score (nSPS) is 16.3. The van der Waals surface area contributed by atoms with Crippen LogP contribution in [0.15, 0.2) is 42.5 Å². The fourth-order valence-corrected chi connectivity index (χ4v) is 3.54. The topological polar surface area (TPSA) is 29.1 Å². The molecule has 0 aliphatic heterocycles. The zero-order valence-corrected chi connectivity index (χ0v) is 13.7. The molecule has 23 heavy (non-hydrogen) atoms. The molecule has 1 amide bonds. The van der Waals surface area contributed by atoms with Crippen molar-refractivity contribution in [3.63, 3.8) is 0 Å². The molecular formula is C20H22FNO. The standard InChI is InChI=1S/C20H22FNO/c1-14-7-5-10-18(15(14)2)22-19(23)20(11-3-4-12-20)16-8-6-9-17(21)13-16/h5-10,13H,3-4,11-12H2,1-2H3,(H,22,23). The minimum atomic E-state index is -0.613. The molecule has 2 aromatic rings. The summed E-state index contributed by atoms with van der Waals surface area (Å²) >= 11 is 0. The predicted molar refractivity (Wildman–Crippen MR) is 91.1 cm³/mol. The first-order valence-electron chi connectivity index (χ1n) is 8.17. The average Bonchev–Trinajstić information content (AvgIpc) is 3.03. The van der Waals surface area contributed by atoms with Gasteiger partial charge in [-0.05, 0) is 61.6 Å². The van der Waals surface area contributed by atoms with Crippen LogP contribution in [0.25, 0.3) is 0 Å². The number of halogens is 1. The largest absolute Gasteiger partial charge is 0.325 e. The molecule has 0 aromatic heterocycles. The number of hydrogen-bond donors (Lipinski definition) is 1. The third-order valence-electron chi connectivity index (χ3n) is 5.12. The number of aryl methyl sites for hydroxylation is 1. The van der Waals surface area contributed by atoms with E-state index in [1.807, 2.05) is 38.1 Å². The van der Waals surface area contributed by atoms with Crippen LogP contribution in [-0.2, 0) is 10.2 Å². The molecule has 0 heterocycles. The molecule has 120 valence electrons. The first-order chi connectivity index (χ1) is 11.0. The molecule has 0 unspecified atom stereocenters. The zero-order valence-electron chi connectivity index (χ0n) is 13.7. The van der Waals surface area contributed by atoms with E-state index in [-0.39, 0.29) is 11.7 Å². The summed E-state index contributed by atoms with van der Waals surface area (Å²) in [7, 11) is 0. The van der Waals surface area contributed by atoms with Crippen LogP contribution in [0, 0.1) is 19.7 Å². The Morgan fingerprint density at radius 2 is 1.78 bits per heavy atom. The molecule has 1 saturated carbocycles. The van der Waals surface area contributed by atoms with E-state index < -0.39 is 5.41 Å². The highest BCUT2D eigenvalue weighted by Crippen LogP contribution is 2.42. The maximum atomic E-state index is 13.7. The summed E-state index contributed by atoms with van der Waals surface area (Å²) in [6.45, 7) is 4.04. The van der Waals surface area contributed by atoms with Crippen molar-refractivity contribution < 1.29 is 9.18 Å². The maximum absolute atomic E-state index is 13.7.